The first-order valence-electron chi connectivity index (χ1n) is 6.47. The molecule has 0 radical (unpaired) electrons. The van der Waals surface area contributed by atoms with Crippen LogP contribution in [0.5, 0.6) is 0 Å². The fourth-order valence-corrected chi connectivity index (χ4v) is 2.00. The molecule has 3 N–H and O–H groups in total. The normalized spacial score (nSPS) is 10.3. The minimum Gasteiger partial charge on any atom is -0.369 e. The predicted molar refractivity (Wildman–Crippen MR) is 81.1 cm³/mol. The van der Waals surface area contributed by atoms with Crippen LogP contribution in [0.2, 0.25) is 0 Å². The third kappa shape index (κ3) is 3.22. The molecular formula is C16H18FN3. The maximum Gasteiger partial charge on any atom is 0.125 e. The molecule has 0 aliphatic heterocycles. The van der Waals surface area contributed by atoms with Crippen molar-refractivity contribution in [3.63, 3.8) is 0 Å². The molecule has 0 fully saturated rings. The molecule has 0 unspecified atom stereocenters. The molecule has 3 nitrogen and oxygen atoms in total. The molecule has 0 amide bonds. The first kappa shape index (κ1) is 14.2. The topological polar surface area (TPSA) is 50.9 Å². The number of aromatic nitrogens is 1. The van der Waals surface area contributed by atoms with Crippen molar-refractivity contribution in [1.82, 2.24) is 4.98 Å². The molecule has 0 saturated carbocycles. The van der Waals surface area contributed by atoms with Crippen LogP contribution in [-0.4, -0.2) is 18.1 Å². The average Bonchev–Trinajstić information content (AvgIpc) is 2.45. The highest BCUT2D eigenvalue weighted by molar-refractivity contribution is 5.79. The number of hydrogen-bond donors (Lipinski definition) is 2. The summed E-state index contributed by atoms with van der Waals surface area (Å²) in [6.07, 6.45) is 1.75. The van der Waals surface area contributed by atoms with Crippen LogP contribution in [-0.2, 0) is 0 Å². The van der Waals surface area contributed by atoms with E-state index >= 15 is 0 Å². The highest BCUT2D eigenvalue weighted by Crippen LogP contribution is 2.25. The molecule has 0 aliphatic rings. The molecule has 0 atom stereocenters. The number of halogens is 1. The summed E-state index contributed by atoms with van der Waals surface area (Å²) >= 11 is 0. The SMILES string of the molecule is C=C(c1ccc(NCCN)nc1)c1ccc(F)cc1C. The smallest absolute Gasteiger partial charge is 0.125 e. The van der Waals surface area contributed by atoms with Crippen LogP contribution in [0, 0.1) is 12.7 Å². The van der Waals surface area contributed by atoms with E-state index in [1.165, 1.54) is 12.1 Å². The van der Waals surface area contributed by atoms with E-state index in [-0.39, 0.29) is 5.82 Å². The first-order valence-corrected chi connectivity index (χ1v) is 6.47. The van der Waals surface area contributed by atoms with Crippen LogP contribution in [0.15, 0.2) is 43.1 Å². The largest absolute Gasteiger partial charge is 0.369 e. The van der Waals surface area contributed by atoms with Crippen LogP contribution in [0.25, 0.3) is 5.57 Å². The number of pyridine rings is 1. The Morgan fingerprint density at radius 3 is 2.75 bits per heavy atom. The number of hydrogen-bond acceptors (Lipinski definition) is 3. The first-order chi connectivity index (χ1) is 9.61. The zero-order chi connectivity index (χ0) is 14.5. The van der Waals surface area contributed by atoms with Crippen molar-refractivity contribution in [3.05, 3.63) is 65.6 Å². The number of nitrogens with two attached hydrogens (primary N) is 1. The van der Waals surface area contributed by atoms with Gasteiger partial charge in [-0.3, -0.25) is 0 Å². The lowest BCUT2D eigenvalue weighted by Gasteiger charge is -2.10. The van der Waals surface area contributed by atoms with Gasteiger partial charge in [0.05, 0.1) is 0 Å². The van der Waals surface area contributed by atoms with Crippen molar-refractivity contribution in [1.29, 1.82) is 0 Å². The Balaban J connectivity index is 2.20. The maximum absolute atomic E-state index is 13.1. The second-order valence-corrected chi connectivity index (χ2v) is 4.59. The van der Waals surface area contributed by atoms with Crippen molar-refractivity contribution < 1.29 is 4.39 Å². The van der Waals surface area contributed by atoms with Gasteiger partial charge < -0.3 is 11.1 Å². The molecule has 1 heterocycles. The molecular weight excluding hydrogens is 253 g/mol. The van der Waals surface area contributed by atoms with Gasteiger partial charge in [-0.15, -0.1) is 0 Å². The number of anilines is 1. The van der Waals surface area contributed by atoms with Crippen LogP contribution in [0.4, 0.5) is 10.2 Å². The minimum absolute atomic E-state index is 0.237. The van der Waals surface area contributed by atoms with Crippen LogP contribution in [0.3, 0.4) is 0 Å². The monoisotopic (exact) mass is 271 g/mol. The van der Waals surface area contributed by atoms with E-state index in [0.717, 1.165) is 28.1 Å². The molecule has 0 spiro atoms. The Hall–Kier alpha value is -2.20. The second-order valence-electron chi connectivity index (χ2n) is 4.59. The third-order valence-corrected chi connectivity index (χ3v) is 3.08. The van der Waals surface area contributed by atoms with E-state index in [4.69, 9.17) is 5.73 Å². The van der Waals surface area contributed by atoms with Gasteiger partial charge in [-0.1, -0.05) is 12.6 Å². The Bertz CT molecular complexity index is 606. The molecule has 20 heavy (non-hydrogen) atoms. The van der Waals surface area contributed by atoms with E-state index in [1.807, 2.05) is 19.1 Å². The summed E-state index contributed by atoms with van der Waals surface area (Å²) < 4.78 is 13.1. The molecule has 0 bridgehead atoms. The fraction of sp³-hybridized carbons (Fsp3) is 0.188. The molecule has 2 rings (SSSR count). The molecule has 104 valence electrons. The predicted octanol–water partition coefficient (Wildman–Crippen LogP) is 2.96. The van der Waals surface area contributed by atoms with Crippen molar-refractivity contribution in [2.45, 2.75) is 6.92 Å². The molecule has 4 heteroatoms. The van der Waals surface area contributed by atoms with Crippen LogP contribution >= 0.6 is 0 Å². The lowest BCUT2D eigenvalue weighted by molar-refractivity contribution is 0.626. The van der Waals surface area contributed by atoms with E-state index in [9.17, 15) is 4.39 Å². The Morgan fingerprint density at radius 2 is 2.15 bits per heavy atom. The lowest BCUT2D eigenvalue weighted by atomic mass is 9.97. The zero-order valence-electron chi connectivity index (χ0n) is 11.5. The average molecular weight is 271 g/mol. The standard InChI is InChI=1S/C16H18FN3/c1-11-9-14(17)4-5-15(11)12(2)13-3-6-16(20-10-13)19-8-7-18/h3-6,9-10H,2,7-8,18H2,1H3,(H,19,20). The molecule has 0 saturated heterocycles. The third-order valence-electron chi connectivity index (χ3n) is 3.08. The van der Waals surface area contributed by atoms with Gasteiger partial charge in [0.2, 0.25) is 0 Å². The quantitative estimate of drug-likeness (QED) is 0.879. The maximum atomic E-state index is 13.1. The molecule has 1 aromatic heterocycles. The van der Waals surface area contributed by atoms with Gasteiger partial charge in [0, 0.05) is 24.8 Å². The lowest BCUT2D eigenvalue weighted by Crippen LogP contribution is -2.13. The summed E-state index contributed by atoms with van der Waals surface area (Å²) in [5.41, 5.74) is 8.96. The molecule has 2 aromatic rings. The van der Waals surface area contributed by atoms with Crippen molar-refractivity contribution in [2.75, 3.05) is 18.4 Å². The number of nitrogens with zero attached hydrogens (tertiary/aromatic N) is 1. The van der Waals surface area contributed by atoms with Gasteiger partial charge in [-0.2, -0.15) is 0 Å². The van der Waals surface area contributed by atoms with Gasteiger partial charge in [0.15, 0.2) is 0 Å². The molecule has 1 aromatic carbocycles. The van der Waals surface area contributed by atoms with Gasteiger partial charge in [0.25, 0.3) is 0 Å². The summed E-state index contributed by atoms with van der Waals surface area (Å²) in [5, 5.41) is 3.10. The van der Waals surface area contributed by atoms with E-state index in [1.54, 1.807) is 12.3 Å². The number of rotatable bonds is 5. The minimum atomic E-state index is -0.237. The molecule has 0 aliphatic carbocycles. The summed E-state index contributed by atoms with van der Waals surface area (Å²) in [5.74, 6) is 0.543. The fourth-order valence-electron chi connectivity index (χ4n) is 2.00. The zero-order valence-corrected chi connectivity index (χ0v) is 11.5. The van der Waals surface area contributed by atoms with E-state index in [2.05, 4.69) is 16.9 Å². The highest BCUT2D eigenvalue weighted by atomic mass is 19.1. The van der Waals surface area contributed by atoms with Gasteiger partial charge >= 0.3 is 0 Å². The summed E-state index contributed by atoms with van der Waals surface area (Å²) in [6, 6.07) is 8.52. The Labute approximate surface area is 118 Å². The van der Waals surface area contributed by atoms with Gasteiger partial charge in [-0.25, -0.2) is 9.37 Å². The Morgan fingerprint density at radius 1 is 1.35 bits per heavy atom. The summed E-state index contributed by atoms with van der Waals surface area (Å²) in [7, 11) is 0. The van der Waals surface area contributed by atoms with Crippen molar-refractivity contribution >= 4 is 11.4 Å². The summed E-state index contributed by atoms with van der Waals surface area (Å²) in [6.45, 7) is 7.19. The van der Waals surface area contributed by atoms with Crippen molar-refractivity contribution in [2.24, 2.45) is 5.73 Å². The number of benzene rings is 1. The van der Waals surface area contributed by atoms with E-state index < -0.39 is 0 Å². The number of nitrogens with one attached hydrogen (secondary N) is 1. The Kier molecular flexibility index (Phi) is 4.48. The van der Waals surface area contributed by atoms with Gasteiger partial charge in [-0.05, 0) is 47.9 Å². The van der Waals surface area contributed by atoms with Gasteiger partial charge in [0.1, 0.15) is 11.6 Å². The number of aryl methyl sites for hydroxylation is 1. The second kappa shape index (κ2) is 6.30. The van der Waals surface area contributed by atoms with Crippen LogP contribution in [0.1, 0.15) is 16.7 Å². The van der Waals surface area contributed by atoms with E-state index in [0.29, 0.717) is 13.1 Å². The summed E-state index contributed by atoms with van der Waals surface area (Å²) in [4.78, 5) is 4.31. The van der Waals surface area contributed by atoms with Crippen LogP contribution < -0.4 is 11.1 Å². The van der Waals surface area contributed by atoms with Crippen molar-refractivity contribution in [3.8, 4) is 0 Å². The highest BCUT2D eigenvalue weighted by Gasteiger charge is 2.07.